The number of halogens is 1. The van der Waals surface area contributed by atoms with E-state index in [-0.39, 0.29) is 0 Å². The minimum Gasteiger partial charge on any atom is -0.494 e. The summed E-state index contributed by atoms with van der Waals surface area (Å²) in [5.74, 6) is 2.22. The third-order valence-corrected chi connectivity index (χ3v) is 2.28. The van der Waals surface area contributed by atoms with Crippen LogP contribution in [0, 0.1) is 0 Å². The van der Waals surface area contributed by atoms with Crippen molar-refractivity contribution >= 4 is 11.6 Å². The van der Waals surface area contributed by atoms with Crippen LogP contribution in [0.2, 0.25) is 5.15 Å². The molecule has 0 aliphatic heterocycles. The van der Waals surface area contributed by atoms with Crippen LogP contribution < -0.4 is 9.47 Å². The number of rotatable bonds is 4. The second-order valence-electron chi connectivity index (χ2n) is 3.32. The van der Waals surface area contributed by atoms with Crippen LogP contribution in [0.4, 0.5) is 0 Å². The van der Waals surface area contributed by atoms with Gasteiger partial charge in [-0.05, 0) is 37.3 Å². The minimum absolute atomic E-state index is 0.411. The van der Waals surface area contributed by atoms with Crippen LogP contribution in [0.15, 0.2) is 42.6 Å². The van der Waals surface area contributed by atoms with Crippen molar-refractivity contribution in [3.8, 4) is 17.2 Å². The molecule has 1 heterocycles. The number of pyridine rings is 1. The maximum atomic E-state index is 5.77. The first-order valence-corrected chi connectivity index (χ1v) is 5.68. The van der Waals surface area contributed by atoms with E-state index in [1.165, 1.54) is 0 Å². The average molecular weight is 250 g/mol. The maximum Gasteiger partial charge on any atom is 0.132 e. The predicted octanol–water partition coefficient (Wildman–Crippen LogP) is 3.93. The molecule has 0 unspecified atom stereocenters. The van der Waals surface area contributed by atoms with Gasteiger partial charge in [-0.3, -0.25) is 0 Å². The van der Waals surface area contributed by atoms with Crippen molar-refractivity contribution in [1.29, 1.82) is 0 Å². The molecule has 0 N–H and O–H groups in total. The summed E-state index contributed by atoms with van der Waals surface area (Å²) in [6, 6.07) is 10.8. The summed E-state index contributed by atoms with van der Waals surface area (Å²) in [7, 11) is 0. The first kappa shape index (κ1) is 11.7. The summed E-state index contributed by atoms with van der Waals surface area (Å²) in [4.78, 5) is 3.89. The van der Waals surface area contributed by atoms with Gasteiger partial charge in [0.2, 0.25) is 0 Å². The first-order valence-electron chi connectivity index (χ1n) is 5.30. The third kappa shape index (κ3) is 3.36. The fraction of sp³-hybridized carbons (Fsp3) is 0.154. The summed E-state index contributed by atoms with van der Waals surface area (Å²) in [5.41, 5.74) is 0. The molecule has 0 spiro atoms. The summed E-state index contributed by atoms with van der Waals surface area (Å²) in [6.45, 7) is 2.60. The molecule has 0 saturated heterocycles. The van der Waals surface area contributed by atoms with Crippen LogP contribution in [-0.2, 0) is 0 Å². The number of hydrogen-bond acceptors (Lipinski definition) is 3. The SMILES string of the molecule is CCOc1ccc(Oc2ccnc(Cl)c2)cc1. The maximum absolute atomic E-state index is 5.77. The van der Waals surface area contributed by atoms with Crippen molar-refractivity contribution in [2.24, 2.45) is 0 Å². The smallest absolute Gasteiger partial charge is 0.132 e. The fourth-order valence-corrected chi connectivity index (χ4v) is 1.52. The van der Waals surface area contributed by atoms with E-state index in [9.17, 15) is 0 Å². The van der Waals surface area contributed by atoms with Gasteiger partial charge in [-0.15, -0.1) is 0 Å². The first-order chi connectivity index (χ1) is 8.28. The molecule has 4 heteroatoms. The highest BCUT2D eigenvalue weighted by atomic mass is 35.5. The van der Waals surface area contributed by atoms with E-state index in [1.807, 2.05) is 31.2 Å². The van der Waals surface area contributed by atoms with Crippen LogP contribution in [0.3, 0.4) is 0 Å². The van der Waals surface area contributed by atoms with E-state index in [0.717, 1.165) is 11.5 Å². The highest BCUT2D eigenvalue weighted by Gasteiger charge is 1.99. The fourth-order valence-electron chi connectivity index (χ4n) is 1.35. The lowest BCUT2D eigenvalue weighted by atomic mass is 10.3. The Bertz CT molecular complexity index is 485. The van der Waals surface area contributed by atoms with Crippen molar-refractivity contribution in [3.63, 3.8) is 0 Å². The Hall–Kier alpha value is -1.74. The quantitative estimate of drug-likeness (QED) is 0.770. The zero-order valence-corrected chi connectivity index (χ0v) is 10.1. The second kappa shape index (κ2) is 5.55. The molecule has 0 aliphatic carbocycles. The van der Waals surface area contributed by atoms with Crippen LogP contribution >= 0.6 is 11.6 Å². The Labute approximate surface area is 105 Å². The van der Waals surface area contributed by atoms with Gasteiger partial charge in [0.1, 0.15) is 22.4 Å². The monoisotopic (exact) mass is 249 g/mol. The van der Waals surface area contributed by atoms with E-state index in [0.29, 0.717) is 17.5 Å². The van der Waals surface area contributed by atoms with Crippen LogP contribution in [0.25, 0.3) is 0 Å². The van der Waals surface area contributed by atoms with Gasteiger partial charge in [-0.25, -0.2) is 4.98 Å². The van der Waals surface area contributed by atoms with Crippen molar-refractivity contribution < 1.29 is 9.47 Å². The second-order valence-corrected chi connectivity index (χ2v) is 3.71. The number of aromatic nitrogens is 1. The molecule has 0 radical (unpaired) electrons. The van der Waals surface area contributed by atoms with E-state index >= 15 is 0 Å². The Balaban J connectivity index is 2.08. The molecular weight excluding hydrogens is 238 g/mol. The molecular formula is C13H12ClNO2. The molecule has 0 bridgehead atoms. The zero-order valence-electron chi connectivity index (χ0n) is 9.39. The van der Waals surface area contributed by atoms with Gasteiger partial charge in [0.25, 0.3) is 0 Å². The summed E-state index contributed by atoms with van der Waals surface area (Å²) in [6.07, 6.45) is 1.60. The molecule has 17 heavy (non-hydrogen) atoms. The molecule has 1 aromatic heterocycles. The third-order valence-electron chi connectivity index (χ3n) is 2.07. The summed E-state index contributed by atoms with van der Waals surface area (Å²) >= 11 is 5.77. The Morgan fingerprint density at radius 2 is 1.76 bits per heavy atom. The summed E-state index contributed by atoms with van der Waals surface area (Å²) < 4.78 is 11.0. The van der Waals surface area contributed by atoms with E-state index in [2.05, 4.69) is 4.98 Å². The lowest BCUT2D eigenvalue weighted by molar-refractivity contribution is 0.339. The minimum atomic E-state index is 0.411. The Morgan fingerprint density at radius 3 is 2.41 bits per heavy atom. The van der Waals surface area contributed by atoms with Gasteiger partial charge >= 0.3 is 0 Å². The number of benzene rings is 1. The molecule has 88 valence electrons. The van der Waals surface area contributed by atoms with E-state index in [1.54, 1.807) is 18.3 Å². The average Bonchev–Trinajstić information content (AvgIpc) is 2.32. The molecule has 3 nitrogen and oxygen atoms in total. The van der Waals surface area contributed by atoms with Gasteiger partial charge in [-0.1, -0.05) is 11.6 Å². The van der Waals surface area contributed by atoms with Crippen LogP contribution in [-0.4, -0.2) is 11.6 Å². The van der Waals surface area contributed by atoms with Gasteiger partial charge in [0.05, 0.1) is 6.61 Å². The topological polar surface area (TPSA) is 31.4 Å². The molecule has 1 aromatic carbocycles. The van der Waals surface area contributed by atoms with E-state index < -0.39 is 0 Å². The molecule has 0 amide bonds. The lowest BCUT2D eigenvalue weighted by Crippen LogP contribution is -1.91. The molecule has 2 rings (SSSR count). The van der Waals surface area contributed by atoms with Crippen LogP contribution in [0.5, 0.6) is 17.2 Å². The largest absolute Gasteiger partial charge is 0.494 e. The lowest BCUT2D eigenvalue weighted by Gasteiger charge is -2.07. The molecule has 0 saturated carbocycles. The van der Waals surface area contributed by atoms with Crippen molar-refractivity contribution in [2.75, 3.05) is 6.61 Å². The van der Waals surface area contributed by atoms with Gasteiger partial charge in [0.15, 0.2) is 0 Å². The zero-order chi connectivity index (χ0) is 12.1. The van der Waals surface area contributed by atoms with Crippen molar-refractivity contribution in [3.05, 3.63) is 47.7 Å². The molecule has 0 fully saturated rings. The Kier molecular flexibility index (Phi) is 3.83. The predicted molar refractivity (Wildman–Crippen MR) is 66.9 cm³/mol. The Morgan fingerprint density at radius 1 is 1.06 bits per heavy atom. The summed E-state index contributed by atoms with van der Waals surface area (Å²) in [5, 5.41) is 0.411. The van der Waals surface area contributed by atoms with E-state index in [4.69, 9.17) is 21.1 Å². The number of nitrogens with zero attached hydrogens (tertiary/aromatic N) is 1. The molecule has 2 aromatic rings. The normalized spacial score (nSPS) is 10.0. The van der Waals surface area contributed by atoms with Gasteiger partial charge in [-0.2, -0.15) is 0 Å². The highest BCUT2D eigenvalue weighted by Crippen LogP contribution is 2.24. The number of hydrogen-bond donors (Lipinski definition) is 0. The van der Waals surface area contributed by atoms with Gasteiger partial charge in [0, 0.05) is 12.3 Å². The standard InChI is InChI=1S/C13H12ClNO2/c1-2-16-10-3-5-11(6-4-10)17-12-7-8-15-13(14)9-12/h3-9H,2H2,1H3. The van der Waals surface area contributed by atoms with Crippen molar-refractivity contribution in [2.45, 2.75) is 6.92 Å². The number of ether oxygens (including phenoxy) is 2. The molecule has 0 aliphatic rings. The van der Waals surface area contributed by atoms with Gasteiger partial charge < -0.3 is 9.47 Å². The van der Waals surface area contributed by atoms with Crippen molar-refractivity contribution in [1.82, 2.24) is 4.98 Å². The van der Waals surface area contributed by atoms with Crippen LogP contribution in [0.1, 0.15) is 6.92 Å². The highest BCUT2D eigenvalue weighted by molar-refractivity contribution is 6.29. The molecule has 0 atom stereocenters.